The standard InChI is InChI=1S/C20H24N4/c1-2-7-20-19(6-1)22-15-18-16-23(13-14-24(18)20)12-4-3-5-17-8-10-21-11-9-17/h1-2,6-11,15,18H,3-5,12-14,16H2. The van der Waals surface area contributed by atoms with E-state index in [1.165, 1.54) is 30.6 Å². The SMILES string of the molecule is C1=Nc2ccccc2N2CCN(CCCCc3ccncc3)CC12. The molecule has 0 bridgehead atoms. The second kappa shape index (κ2) is 7.14. The van der Waals surface area contributed by atoms with Gasteiger partial charge in [-0.2, -0.15) is 0 Å². The lowest BCUT2D eigenvalue weighted by molar-refractivity contribution is 0.239. The van der Waals surface area contributed by atoms with E-state index in [0.717, 1.165) is 31.7 Å². The third-order valence-electron chi connectivity index (χ3n) is 5.02. The first-order valence-electron chi connectivity index (χ1n) is 8.91. The molecule has 0 spiro atoms. The fourth-order valence-corrected chi connectivity index (χ4v) is 3.70. The summed E-state index contributed by atoms with van der Waals surface area (Å²) in [5.41, 5.74) is 3.80. The molecule has 1 atom stereocenters. The highest BCUT2D eigenvalue weighted by molar-refractivity contribution is 5.84. The molecule has 1 aromatic carbocycles. The van der Waals surface area contributed by atoms with Crippen molar-refractivity contribution < 1.29 is 0 Å². The van der Waals surface area contributed by atoms with E-state index in [0.29, 0.717) is 6.04 Å². The van der Waals surface area contributed by atoms with Crippen LogP contribution in [0.1, 0.15) is 18.4 Å². The molecule has 2 aromatic rings. The molecule has 0 amide bonds. The molecular weight excluding hydrogens is 296 g/mol. The Balaban J connectivity index is 1.27. The van der Waals surface area contributed by atoms with Crippen molar-refractivity contribution in [3.05, 3.63) is 54.4 Å². The van der Waals surface area contributed by atoms with Gasteiger partial charge in [0.2, 0.25) is 0 Å². The summed E-state index contributed by atoms with van der Waals surface area (Å²) < 4.78 is 0. The summed E-state index contributed by atoms with van der Waals surface area (Å²) >= 11 is 0. The van der Waals surface area contributed by atoms with Crippen molar-refractivity contribution in [2.24, 2.45) is 4.99 Å². The number of piperazine rings is 1. The number of aliphatic imine (C=N–C) groups is 1. The molecule has 0 radical (unpaired) electrons. The van der Waals surface area contributed by atoms with Crippen LogP contribution >= 0.6 is 0 Å². The summed E-state index contributed by atoms with van der Waals surface area (Å²) in [7, 11) is 0. The lowest BCUT2D eigenvalue weighted by Crippen LogP contribution is -2.55. The number of rotatable bonds is 5. The van der Waals surface area contributed by atoms with Crippen molar-refractivity contribution in [2.45, 2.75) is 25.3 Å². The van der Waals surface area contributed by atoms with Crippen molar-refractivity contribution >= 4 is 17.6 Å². The summed E-state index contributed by atoms with van der Waals surface area (Å²) in [5.74, 6) is 0. The zero-order valence-corrected chi connectivity index (χ0v) is 14.0. The molecule has 4 rings (SSSR count). The molecule has 0 aliphatic carbocycles. The summed E-state index contributed by atoms with van der Waals surface area (Å²) in [6, 6.07) is 13.1. The quantitative estimate of drug-likeness (QED) is 0.792. The van der Waals surface area contributed by atoms with E-state index in [9.17, 15) is 0 Å². The Kier molecular flexibility index (Phi) is 4.56. The molecule has 1 fully saturated rings. The predicted molar refractivity (Wildman–Crippen MR) is 99.3 cm³/mol. The van der Waals surface area contributed by atoms with Crippen LogP contribution in [0, 0.1) is 0 Å². The Labute approximate surface area is 143 Å². The predicted octanol–water partition coefficient (Wildman–Crippen LogP) is 3.31. The zero-order valence-electron chi connectivity index (χ0n) is 14.0. The van der Waals surface area contributed by atoms with Gasteiger partial charge in [-0.25, -0.2) is 0 Å². The minimum absolute atomic E-state index is 0.425. The van der Waals surface area contributed by atoms with Gasteiger partial charge in [-0.15, -0.1) is 0 Å². The van der Waals surface area contributed by atoms with Gasteiger partial charge in [0.25, 0.3) is 0 Å². The Morgan fingerprint density at radius 3 is 2.79 bits per heavy atom. The molecule has 1 saturated heterocycles. The third kappa shape index (κ3) is 3.34. The number of hydrogen-bond donors (Lipinski definition) is 0. The second-order valence-electron chi connectivity index (χ2n) is 6.64. The molecule has 1 unspecified atom stereocenters. The molecule has 3 heterocycles. The van der Waals surface area contributed by atoms with Crippen LogP contribution in [0.15, 0.2) is 53.8 Å². The van der Waals surface area contributed by atoms with Crippen LogP contribution < -0.4 is 4.90 Å². The lowest BCUT2D eigenvalue weighted by atomic mass is 10.1. The van der Waals surface area contributed by atoms with Crippen LogP contribution in [0.3, 0.4) is 0 Å². The van der Waals surface area contributed by atoms with Crippen molar-refractivity contribution in [3.63, 3.8) is 0 Å². The van der Waals surface area contributed by atoms with Crippen LogP contribution in [0.25, 0.3) is 0 Å². The van der Waals surface area contributed by atoms with Crippen LogP contribution in [0.5, 0.6) is 0 Å². The van der Waals surface area contributed by atoms with E-state index in [1.54, 1.807) is 0 Å². The number of aromatic nitrogens is 1. The number of nitrogens with zero attached hydrogens (tertiary/aromatic N) is 4. The molecule has 4 heteroatoms. The van der Waals surface area contributed by atoms with Crippen molar-refractivity contribution in [3.8, 4) is 0 Å². The highest BCUT2D eigenvalue weighted by Crippen LogP contribution is 2.33. The number of unbranched alkanes of at least 4 members (excludes halogenated alkanes) is 1. The normalized spacial score (nSPS) is 19.8. The number of para-hydroxylation sites is 2. The number of pyridine rings is 1. The van der Waals surface area contributed by atoms with E-state index in [4.69, 9.17) is 0 Å². The van der Waals surface area contributed by atoms with E-state index in [1.807, 2.05) is 12.4 Å². The average molecular weight is 320 g/mol. The molecule has 24 heavy (non-hydrogen) atoms. The summed E-state index contributed by atoms with van der Waals surface area (Å²) in [6.07, 6.45) is 9.55. The minimum Gasteiger partial charge on any atom is -0.359 e. The maximum atomic E-state index is 4.65. The van der Waals surface area contributed by atoms with Gasteiger partial charge < -0.3 is 4.90 Å². The maximum Gasteiger partial charge on any atom is 0.0860 e. The van der Waals surface area contributed by atoms with Gasteiger partial charge in [0.1, 0.15) is 0 Å². The average Bonchev–Trinajstić information content (AvgIpc) is 2.66. The minimum atomic E-state index is 0.425. The van der Waals surface area contributed by atoms with Gasteiger partial charge in [0, 0.05) is 38.2 Å². The van der Waals surface area contributed by atoms with Crippen molar-refractivity contribution in [1.82, 2.24) is 9.88 Å². The smallest absolute Gasteiger partial charge is 0.0860 e. The molecule has 2 aliphatic rings. The molecule has 2 aliphatic heterocycles. The third-order valence-corrected chi connectivity index (χ3v) is 5.02. The van der Waals surface area contributed by atoms with Crippen LogP contribution in [-0.2, 0) is 6.42 Å². The monoisotopic (exact) mass is 320 g/mol. The molecule has 0 N–H and O–H groups in total. The highest BCUT2D eigenvalue weighted by Gasteiger charge is 2.29. The Bertz CT molecular complexity index is 698. The summed E-state index contributed by atoms with van der Waals surface area (Å²) in [5, 5.41) is 0. The van der Waals surface area contributed by atoms with Crippen molar-refractivity contribution in [1.29, 1.82) is 0 Å². The first-order valence-corrected chi connectivity index (χ1v) is 8.91. The topological polar surface area (TPSA) is 31.7 Å². The fourth-order valence-electron chi connectivity index (χ4n) is 3.70. The Morgan fingerprint density at radius 2 is 1.88 bits per heavy atom. The Hall–Kier alpha value is -2.20. The number of fused-ring (bicyclic) bond motifs is 3. The molecule has 124 valence electrons. The lowest BCUT2D eigenvalue weighted by Gasteiger charge is -2.43. The number of benzene rings is 1. The largest absolute Gasteiger partial charge is 0.359 e. The van der Waals surface area contributed by atoms with E-state index in [-0.39, 0.29) is 0 Å². The van der Waals surface area contributed by atoms with Gasteiger partial charge in [-0.3, -0.25) is 14.9 Å². The number of aryl methyl sites for hydroxylation is 1. The van der Waals surface area contributed by atoms with Crippen LogP contribution in [0.4, 0.5) is 11.4 Å². The van der Waals surface area contributed by atoms with Gasteiger partial charge in [0.15, 0.2) is 0 Å². The number of anilines is 1. The van der Waals surface area contributed by atoms with Crippen LogP contribution in [-0.4, -0.2) is 48.3 Å². The summed E-state index contributed by atoms with van der Waals surface area (Å²) in [4.78, 5) is 13.8. The first-order chi connectivity index (χ1) is 11.9. The van der Waals surface area contributed by atoms with Gasteiger partial charge in [0.05, 0.1) is 17.4 Å². The van der Waals surface area contributed by atoms with E-state index >= 15 is 0 Å². The van der Waals surface area contributed by atoms with Crippen LogP contribution in [0.2, 0.25) is 0 Å². The molecule has 1 aromatic heterocycles. The Morgan fingerprint density at radius 1 is 1.00 bits per heavy atom. The number of hydrogen-bond acceptors (Lipinski definition) is 4. The molecular formula is C20H24N4. The van der Waals surface area contributed by atoms with Gasteiger partial charge in [-0.05, 0) is 55.6 Å². The summed E-state index contributed by atoms with van der Waals surface area (Å²) in [6.45, 7) is 4.52. The van der Waals surface area contributed by atoms with E-state index in [2.05, 4.69) is 62.4 Å². The highest BCUT2D eigenvalue weighted by atomic mass is 15.3. The second-order valence-corrected chi connectivity index (χ2v) is 6.64. The fraction of sp³-hybridized carbons (Fsp3) is 0.400. The van der Waals surface area contributed by atoms with Gasteiger partial charge in [-0.1, -0.05) is 12.1 Å². The zero-order chi connectivity index (χ0) is 16.2. The van der Waals surface area contributed by atoms with Gasteiger partial charge >= 0.3 is 0 Å². The van der Waals surface area contributed by atoms with E-state index < -0.39 is 0 Å². The first kappa shape index (κ1) is 15.3. The maximum absolute atomic E-state index is 4.65. The molecule has 0 saturated carbocycles. The van der Waals surface area contributed by atoms with Crippen molar-refractivity contribution in [2.75, 3.05) is 31.1 Å². The molecule has 4 nitrogen and oxygen atoms in total.